The SMILES string of the molecule is CC(C(=O)NCC(C)(C)c1ccccc1F)N1CCOCC1. The van der Waals surface area contributed by atoms with E-state index < -0.39 is 5.41 Å². The molecule has 0 aliphatic carbocycles. The zero-order chi connectivity index (χ0) is 16.2. The normalized spacial score (nSPS) is 18.0. The van der Waals surface area contributed by atoms with E-state index in [0.717, 1.165) is 13.1 Å². The summed E-state index contributed by atoms with van der Waals surface area (Å²) < 4.78 is 19.2. The van der Waals surface area contributed by atoms with Gasteiger partial charge >= 0.3 is 0 Å². The Morgan fingerprint density at radius 2 is 2.00 bits per heavy atom. The van der Waals surface area contributed by atoms with Gasteiger partial charge in [-0.05, 0) is 18.6 Å². The van der Waals surface area contributed by atoms with Crippen LogP contribution in [0, 0.1) is 5.82 Å². The summed E-state index contributed by atoms with van der Waals surface area (Å²) in [7, 11) is 0. The van der Waals surface area contributed by atoms with Gasteiger partial charge in [0.15, 0.2) is 0 Å². The van der Waals surface area contributed by atoms with Crippen LogP contribution in [0.1, 0.15) is 26.3 Å². The van der Waals surface area contributed by atoms with E-state index in [0.29, 0.717) is 25.3 Å². The molecule has 5 heteroatoms. The number of ether oxygens (including phenoxy) is 1. The molecular weight excluding hydrogens is 283 g/mol. The topological polar surface area (TPSA) is 41.6 Å². The molecule has 0 spiro atoms. The third-order valence-corrected chi connectivity index (χ3v) is 4.28. The van der Waals surface area contributed by atoms with Crippen LogP contribution in [0.25, 0.3) is 0 Å². The number of benzene rings is 1. The van der Waals surface area contributed by atoms with E-state index in [9.17, 15) is 9.18 Å². The van der Waals surface area contributed by atoms with Crippen molar-refractivity contribution < 1.29 is 13.9 Å². The van der Waals surface area contributed by atoms with Crippen LogP contribution < -0.4 is 5.32 Å². The fourth-order valence-corrected chi connectivity index (χ4v) is 2.69. The van der Waals surface area contributed by atoms with Crippen molar-refractivity contribution in [2.75, 3.05) is 32.8 Å². The first-order chi connectivity index (χ1) is 10.4. The summed E-state index contributed by atoms with van der Waals surface area (Å²) in [6, 6.07) is 6.52. The second-order valence-electron chi connectivity index (χ2n) is 6.41. The van der Waals surface area contributed by atoms with E-state index in [1.54, 1.807) is 12.1 Å². The lowest BCUT2D eigenvalue weighted by Crippen LogP contribution is -2.51. The number of rotatable bonds is 5. The van der Waals surface area contributed by atoms with E-state index in [1.165, 1.54) is 6.07 Å². The highest BCUT2D eigenvalue weighted by Gasteiger charge is 2.27. The van der Waals surface area contributed by atoms with E-state index in [4.69, 9.17) is 4.74 Å². The number of carbonyl (C=O) groups is 1. The molecule has 1 unspecified atom stereocenters. The van der Waals surface area contributed by atoms with Gasteiger partial charge in [-0.1, -0.05) is 32.0 Å². The van der Waals surface area contributed by atoms with Crippen LogP contribution in [0.5, 0.6) is 0 Å². The number of halogens is 1. The third kappa shape index (κ3) is 4.05. The first kappa shape index (κ1) is 16.9. The smallest absolute Gasteiger partial charge is 0.237 e. The molecule has 1 aliphatic heterocycles. The minimum absolute atomic E-state index is 0.0219. The molecule has 1 aromatic rings. The highest BCUT2D eigenvalue weighted by atomic mass is 19.1. The Kier molecular flexibility index (Phi) is 5.53. The lowest BCUT2D eigenvalue weighted by Gasteiger charge is -2.32. The summed E-state index contributed by atoms with van der Waals surface area (Å²) in [5.74, 6) is -0.255. The maximum absolute atomic E-state index is 13.9. The Morgan fingerprint density at radius 1 is 1.36 bits per heavy atom. The van der Waals surface area contributed by atoms with Crippen molar-refractivity contribution in [3.63, 3.8) is 0 Å². The molecule has 0 aromatic heterocycles. The fraction of sp³-hybridized carbons (Fsp3) is 0.588. The molecule has 1 heterocycles. The van der Waals surface area contributed by atoms with E-state index in [1.807, 2.05) is 26.8 Å². The number of carbonyl (C=O) groups excluding carboxylic acids is 1. The number of hydrogen-bond donors (Lipinski definition) is 1. The van der Waals surface area contributed by atoms with Crippen molar-refractivity contribution in [1.29, 1.82) is 0 Å². The average Bonchev–Trinajstić information content (AvgIpc) is 2.53. The Hall–Kier alpha value is -1.46. The maximum atomic E-state index is 13.9. The van der Waals surface area contributed by atoms with E-state index in [-0.39, 0.29) is 17.8 Å². The van der Waals surface area contributed by atoms with Crippen LogP contribution in [0.3, 0.4) is 0 Å². The minimum Gasteiger partial charge on any atom is -0.379 e. The summed E-state index contributed by atoms with van der Waals surface area (Å²) >= 11 is 0. The standard InChI is InChI=1S/C17H25FN2O2/c1-13(20-8-10-22-11-9-20)16(21)19-12-17(2,3)14-6-4-5-7-15(14)18/h4-7,13H,8-12H2,1-3H3,(H,19,21). The highest BCUT2D eigenvalue weighted by molar-refractivity contribution is 5.81. The number of hydrogen-bond acceptors (Lipinski definition) is 3. The molecule has 22 heavy (non-hydrogen) atoms. The molecule has 1 N–H and O–H groups in total. The predicted molar refractivity (Wildman–Crippen MR) is 84.3 cm³/mol. The number of nitrogens with one attached hydrogen (secondary N) is 1. The first-order valence-corrected chi connectivity index (χ1v) is 7.76. The van der Waals surface area contributed by atoms with Crippen LogP contribution in [-0.2, 0) is 14.9 Å². The van der Waals surface area contributed by atoms with E-state index >= 15 is 0 Å². The van der Waals surface area contributed by atoms with Crippen molar-refractivity contribution >= 4 is 5.91 Å². The fourth-order valence-electron chi connectivity index (χ4n) is 2.69. The summed E-state index contributed by atoms with van der Waals surface area (Å²) in [6.45, 7) is 9.04. The molecule has 0 radical (unpaired) electrons. The van der Waals surface area contributed by atoms with Gasteiger partial charge in [0.05, 0.1) is 19.3 Å². The van der Waals surface area contributed by atoms with Crippen molar-refractivity contribution in [2.24, 2.45) is 0 Å². The zero-order valence-electron chi connectivity index (χ0n) is 13.6. The minimum atomic E-state index is -0.453. The Balaban J connectivity index is 1.93. The summed E-state index contributed by atoms with van der Waals surface area (Å²) in [6.07, 6.45) is 0. The van der Waals surface area contributed by atoms with Crippen LogP contribution in [-0.4, -0.2) is 49.7 Å². The zero-order valence-corrected chi connectivity index (χ0v) is 13.6. The summed E-state index contributed by atoms with van der Waals surface area (Å²) in [5.41, 5.74) is 0.167. The second-order valence-corrected chi connectivity index (χ2v) is 6.41. The summed E-state index contributed by atoms with van der Waals surface area (Å²) in [4.78, 5) is 14.4. The quantitative estimate of drug-likeness (QED) is 0.904. The van der Waals surface area contributed by atoms with Gasteiger partial charge in [-0.25, -0.2) is 4.39 Å². The largest absolute Gasteiger partial charge is 0.379 e. The van der Waals surface area contributed by atoms with Crippen molar-refractivity contribution in [3.05, 3.63) is 35.6 Å². The molecular formula is C17H25FN2O2. The molecule has 1 atom stereocenters. The monoisotopic (exact) mass is 308 g/mol. The van der Waals surface area contributed by atoms with Gasteiger partial charge in [-0.15, -0.1) is 0 Å². The molecule has 122 valence electrons. The van der Waals surface area contributed by atoms with Gasteiger partial charge in [-0.3, -0.25) is 9.69 Å². The van der Waals surface area contributed by atoms with Crippen LogP contribution >= 0.6 is 0 Å². The first-order valence-electron chi connectivity index (χ1n) is 7.76. The molecule has 0 bridgehead atoms. The summed E-state index contributed by atoms with van der Waals surface area (Å²) in [5, 5.41) is 2.96. The van der Waals surface area contributed by atoms with E-state index in [2.05, 4.69) is 10.2 Å². The second kappa shape index (κ2) is 7.20. The van der Waals surface area contributed by atoms with Crippen molar-refractivity contribution in [1.82, 2.24) is 10.2 Å². The Bertz CT molecular complexity index is 513. The van der Waals surface area contributed by atoms with Gasteiger partial charge < -0.3 is 10.1 Å². The Morgan fingerprint density at radius 3 is 2.64 bits per heavy atom. The molecule has 1 amide bonds. The van der Waals surface area contributed by atoms with Gasteiger partial charge in [0.2, 0.25) is 5.91 Å². The van der Waals surface area contributed by atoms with Crippen molar-refractivity contribution in [3.8, 4) is 0 Å². The lowest BCUT2D eigenvalue weighted by atomic mass is 9.84. The van der Waals surface area contributed by atoms with Crippen molar-refractivity contribution in [2.45, 2.75) is 32.2 Å². The maximum Gasteiger partial charge on any atom is 0.237 e. The number of morpholine rings is 1. The van der Waals surface area contributed by atoms with Gasteiger partial charge in [0, 0.05) is 25.0 Å². The lowest BCUT2D eigenvalue weighted by molar-refractivity contribution is -0.127. The molecule has 1 saturated heterocycles. The average molecular weight is 308 g/mol. The van der Waals surface area contributed by atoms with Crippen LogP contribution in [0.4, 0.5) is 4.39 Å². The van der Waals surface area contributed by atoms with Gasteiger partial charge in [0.25, 0.3) is 0 Å². The van der Waals surface area contributed by atoms with Gasteiger partial charge in [0.1, 0.15) is 5.82 Å². The van der Waals surface area contributed by atoms with Crippen LogP contribution in [0.15, 0.2) is 24.3 Å². The molecule has 0 saturated carbocycles. The predicted octanol–water partition coefficient (Wildman–Crippen LogP) is 1.94. The van der Waals surface area contributed by atoms with Crippen LogP contribution in [0.2, 0.25) is 0 Å². The molecule has 1 aliphatic rings. The third-order valence-electron chi connectivity index (χ3n) is 4.28. The molecule has 2 rings (SSSR count). The molecule has 1 aromatic carbocycles. The number of nitrogens with zero attached hydrogens (tertiary/aromatic N) is 1. The molecule has 1 fully saturated rings. The molecule has 4 nitrogen and oxygen atoms in total. The highest BCUT2D eigenvalue weighted by Crippen LogP contribution is 2.24. The number of amides is 1. The Labute approximate surface area is 131 Å². The van der Waals surface area contributed by atoms with Gasteiger partial charge in [-0.2, -0.15) is 0 Å².